The maximum Gasteiger partial charge on any atom is 0.231 e. The molecule has 17 heavy (non-hydrogen) atoms. The first-order valence-electron chi connectivity index (χ1n) is 5.30. The first-order chi connectivity index (χ1) is 8.08. The molecule has 1 aliphatic rings. The second-order valence-electron chi connectivity index (χ2n) is 4.02. The fourth-order valence-electron chi connectivity index (χ4n) is 1.76. The Morgan fingerprint density at radius 3 is 2.88 bits per heavy atom. The smallest absolute Gasteiger partial charge is 0.231 e. The number of hydrogen-bond acceptors (Lipinski definition) is 3. The highest BCUT2D eigenvalue weighted by Gasteiger charge is 2.23. The molecule has 90 valence electrons. The maximum atomic E-state index is 11.9. The van der Waals surface area contributed by atoms with E-state index in [1.54, 1.807) is 24.3 Å². The second kappa shape index (κ2) is 4.89. The normalized spacial score (nSPS) is 22.7. The Morgan fingerprint density at radius 1 is 1.47 bits per heavy atom. The van der Waals surface area contributed by atoms with Crippen molar-refractivity contribution in [2.45, 2.75) is 12.5 Å². The molecule has 2 atom stereocenters. The third-order valence-electron chi connectivity index (χ3n) is 2.70. The Bertz CT molecular complexity index is 474. The lowest BCUT2D eigenvalue weighted by Crippen LogP contribution is -2.24. The van der Waals surface area contributed by atoms with Gasteiger partial charge in [-0.2, -0.15) is 0 Å². The van der Waals surface area contributed by atoms with Crippen molar-refractivity contribution >= 4 is 27.5 Å². The van der Waals surface area contributed by atoms with Crippen LogP contribution >= 0.6 is 15.9 Å². The van der Waals surface area contributed by atoms with Crippen LogP contribution in [0.2, 0.25) is 0 Å². The van der Waals surface area contributed by atoms with Crippen LogP contribution in [-0.4, -0.2) is 17.1 Å². The third-order valence-corrected chi connectivity index (χ3v) is 3.34. The number of aromatic hydroxyl groups is 1. The molecule has 1 aromatic rings. The van der Waals surface area contributed by atoms with Crippen molar-refractivity contribution in [3.8, 4) is 5.75 Å². The van der Waals surface area contributed by atoms with Crippen LogP contribution < -0.4 is 11.1 Å². The van der Waals surface area contributed by atoms with Gasteiger partial charge in [-0.15, -0.1) is 0 Å². The van der Waals surface area contributed by atoms with Crippen molar-refractivity contribution in [1.29, 1.82) is 0 Å². The van der Waals surface area contributed by atoms with Crippen molar-refractivity contribution in [3.63, 3.8) is 0 Å². The van der Waals surface area contributed by atoms with Crippen LogP contribution in [0.1, 0.15) is 6.42 Å². The van der Waals surface area contributed by atoms with Gasteiger partial charge < -0.3 is 16.2 Å². The summed E-state index contributed by atoms with van der Waals surface area (Å²) in [5.41, 5.74) is 6.09. The molecule has 1 aliphatic carbocycles. The van der Waals surface area contributed by atoms with Crippen molar-refractivity contribution in [2.24, 2.45) is 11.7 Å². The largest absolute Gasteiger partial charge is 0.505 e. The molecule has 5 heteroatoms. The van der Waals surface area contributed by atoms with Crippen molar-refractivity contribution in [1.82, 2.24) is 0 Å². The van der Waals surface area contributed by atoms with Crippen molar-refractivity contribution in [2.75, 3.05) is 5.32 Å². The quantitative estimate of drug-likeness (QED) is 0.577. The number of carbonyl (C=O) groups excluding carboxylic acids is 1. The van der Waals surface area contributed by atoms with E-state index >= 15 is 0 Å². The molecule has 2 unspecified atom stereocenters. The molecular formula is C12H13BrN2O2. The molecule has 1 aromatic carbocycles. The van der Waals surface area contributed by atoms with E-state index in [-0.39, 0.29) is 23.6 Å². The fraction of sp³-hybridized carbons (Fsp3) is 0.250. The summed E-state index contributed by atoms with van der Waals surface area (Å²) in [4.78, 5) is 11.9. The Labute approximate surface area is 108 Å². The monoisotopic (exact) mass is 296 g/mol. The van der Waals surface area contributed by atoms with Gasteiger partial charge in [-0.1, -0.05) is 18.2 Å². The lowest BCUT2D eigenvalue weighted by atomic mass is 10.1. The summed E-state index contributed by atoms with van der Waals surface area (Å²) in [6.45, 7) is 0. The van der Waals surface area contributed by atoms with E-state index < -0.39 is 0 Å². The Kier molecular flexibility index (Phi) is 3.49. The molecule has 0 spiro atoms. The van der Waals surface area contributed by atoms with Gasteiger partial charge in [-0.3, -0.25) is 4.79 Å². The van der Waals surface area contributed by atoms with E-state index in [0.717, 1.165) is 0 Å². The van der Waals surface area contributed by atoms with Crippen LogP contribution in [0.4, 0.5) is 5.69 Å². The minimum atomic E-state index is -0.219. The highest BCUT2D eigenvalue weighted by atomic mass is 79.9. The number of rotatable bonds is 2. The van der Waals surface area contributed by atoms with E-state index in [4.69, 9.17) is 5.73 Å². The molecule has 0 fully saturated rings. The minimum Gasteiger partial charge on any atom is -0.505 e. The summed E-state index contributed by atoms with van der Waals surface area (Å²) in [7, 11) is 0. The van der Waals surface area contributed by atoms with Gasteiger partial charge in [0.1, 0.15) is 0 Å². The molecule has 4 nitrogen and oxygen atoms in total. The molecule has 1 amide bonds. The molecule has 0 bridgehead atoms. The predicted molar refractivity (Wildman–Crippen MR) is 69.7 cm³/mol. The molecule has 0 saturated carbocycles. The zero-order valence-electron chi connectivity index (χ0n) is 9.06. The van der Waals surface area contributed by atoms with Gasteiger partial charge in [0, 0.05) is 6.04 Å². The van der Waals surface area contributed by atoms with E-state index in [1.807, 2.05) is 6.08 Å². The summed E-state index contributed by atoms with van der Waals surface area (Å²) in [6.07, 6.45) is 4.24. The topological polar surface area (TPSA) is 75.4 Å². The minimum absolute atomic E-state index is 0.0344. The number of phenolic OH excluding ortho intramolecular Hbond substituents is 1. The average Bonchev–Trinajstić information content (AvgIpc) is 2.72. The zero-order valence-corrected chi connectivity index (χ0v) is 10.6. The summed E-state index contributed by atoms with van der Waals surface area (Å²) >= 11 is 3.19. The van der Waals surface area contributed by atoms with Crippen LogP contribution in [0, 0.1) is 5.92 Å². The van der Waals surface area contributed by atoms with E-state index in [9.17, 15) is 9.90 Å². The fourth-order valence-corrected chi connectivity index (χ4v) is 2.13. The van der Waals surface area contributed by atoms with Gasteiger partial charge in [-0.05, 0) is 34.5 Å². The lowest BCUT2D eigenvalue weighted by molar-refractivity contribution is -0.118. The molecule has 4 N–H and O–H groups in total. The second-order valence-corrected chi connectivity index (χ2v) is 4.87. The number of halogens is 1. The van der Waals surface area contributed by atoms with Gasteiger partial charge in [0.2, 0.25) is 5.91 Å². The molecule has 2 rings (SSSR count). The van der Waals surface area contributed by atoms with Crippen LogP contribution in [-0.2, 0) is 4.79 Å². The predicted octanol–water partition coefficient (Wildman–Crippen LogP) is 2.00. The summed E-state index contributed by atoms with van der Waals surface area (Å²) in [6, 6.07) is 5.05. The third kappa shape index (κ3) is 2.68. The van der Waals surface area contributed by atoms with Gasteiger partial charge in [-0.25, -0.2) is 0 Å². The highest BCUT2D eigenvalue weighted by molar-refractivity contribution is 9.10. The first kappa shape index (κ1) is 12.1. The van der Waals surface area contributed by atoms with Gasteiger partial charge in [0.05, 0.1) is 16.1 Å². The van der Waals surface area contributed by atoms with Gasteiger partial charge in [0.25, 0.3) is 0 Å². The first-order valence-corrected chi connectivity index (χ1v) is 6.09. The number of hydrogen-bond donors (Lipinski definition) is 3. The number of para-hydroxylation sites is 1. The zero-order chi connectivity index (χ0) is 12.4. The van der Waals surface area contributed by atoms with Gasteiger partial charge >= 0.3 is 0 Å². The number of nitrogens with one attached hydrogen (secondary N) is 1. The number of nitrogens with two attached hydrogens (primary N) is 1. The number of benzene rings is 1. The Hall–Kier alpha value is -1.33. The molecule has 0 heterocycles. The number of amides is 1. The Morgan fingerprint density at radius 2 is 2.24 bits per heavy atom. The maximum absolute atomic E-state index is 11.9. The summed E-state index contributed by atoms with van der Waals surface area (Å²) in [5, 5.41) is 12.4. The SMILES string of the molecule is NC1C=CC(C(=O)Nc2cccc(Br)c2O)C1. The number of carbonyl (C=O) groups is 1. The number of phenols is 1. The highest BCUT2D eigenvalue weighted by Crippen LogP contribution is 2.32. The van der Waals surface area contributed by atoms with Crippen LogP contribution in [0.3, 0.4) is 0 Å². The molecule has 0 radical (unpaired) electrons. The lowest BCUT2D eigenvalue weighted by Gasteiger charge is -2.12. The number of anilines is 1. The molecule has 0 saturated heterocycles. The summed E-state index contributed by atoms with van der Waals surface area (Å²) < 4.78 is 0.550. The van der Waals surface area contributed by atoms with E-state index in [1.165, 1.54) is 0 Å². The van der Waals surface area contributed by atoms with E-state index in [2.05, 4.69) is 21.2 Å². The molecule has 0 aliphatic heterocycles. The van der Waals surface area contributed by atoms with Gasteiger partial charge in [0.15, 0.2) is 5.75 Å². The molecule has 0 aromatic heterocycles. The van der Waals surface area contributed by atoms with Crippen molar-refractivity contribution < 1.29 is 9.90 Å². The van der Waals surface area contributed by atoms with Crippen LogP contribution in [0.15, 0.2) is 34.8 Å². The van der Waals surface area contributed by atoms with E-state index in [0.29, 0.717) is 16.6 Å². The van der Waals surface area contributed by atoms with Crippen LogP contribution in [0.5, 0.6) is 5.75 Å². The Balaban J connectivity index is 2.09. The summed E-state index contributed by atoms with van der Waals surface area (Å²) in [5.74, 6) is -0.335. The average molecular weight is 297 g/mol. The van der Waals surface area contributed by atoms with Crippen LogP contribution in [0.25, 0.3) is 0 Å². The standard InChI is InChI=1S/C12H13BrN2O2/c13-9-2-1-3-10(11(9)16)15-12(17)7-4-5-8(14)6-7/h1-5,7-8,16H,6,14H2,(H,15,17). The molecular weight excluding hydrogens is 284 g/mol. The van der Waals surface area contributed by atoms with Crippen molar-refractivity contribution in [3.05, 3.63) is 34.8 Å².